The van der Waals surface area contributed by atoms with Gasteiger partial charge in [-0.15, -0.1) is 0 Å². The molecule has 0 aromatic heterocycles. The Morgan fingerprint density at radius 1 is 1.10 bits per heavy atom. The van der Waals surface area contributed by atoms with Crippen LogP contribution in [0.15, 0.2) is 30.3 Å². The summed E-state index contributed by atoms with van der Waals surface area (Å²) in [4.78, 5) is 22.4. The van der Waals surface area contributed by atoms with Crippen LogP contribution in [0.5, 0.6) is 17.2 Å². The standard InChI is InChI=1S/C21H24NO6P/c1-14-11-16(22-20(24)13-23)19(28-9-4-5-10-29-25)12-15(14)21-17(26-2)7-6-8-18(21)27-3/h6-8,11-13H,4-5,9-10H2,1-3H3,(H,22,24). The van der Waals surface area contributed by atoms with Crippen LogP contribution in [0.2, 0.25) is 0 Å². The predicted molar refractivity (Wildman–Crippen MR) is 112 cm³/mol. The molecule has 154 valence electrons. The smallest absolute Gasteiger partial charge is 0.288 e. The lowest BCUT2D eigenvalue weighted by atomic mass is 9.97. The van der Waals surface area contributed by atoms with Gasteiger partial charge in [-0.05, 0) is 55.2 Å². The Labute approximate surface area is 171 Å². The first-order valence-corrected chi connectivity index (χ1v) is 10.1. The fourth-order valence-electron chi connectivity index (χ4n) is 2.91. The lowest BCUT2D eigenvalue weighted by Gasteiger charge is -2.19. The number of nitrogens with one attached hydrogen (secondary N) is 1. The summed E-state index contributed by atoms with van der Waals surface area (Å²) in [6.45, 7) is 2.26. The van der Waals surface area contributed by atoms with Gasteiger partial charge in [0.1, 0.15) is 17.2 Å². The van der Waals surface area contributed by atoms with Gasteiger partial charge in [-0.25, -0.2) is 0 Å². The van der Waals surface area contributed by atoms with Crippen molar-refractivity contribution in [1.29, 1.82) is 0 Å². The van der Waals surface area contributed by atoms with Gasteiger partial charge in [0.05, 0.1) is 32.1 Å². The van der Waals surface area contributed by atoms with Gasteiger partial charge in [0.15, 0.2) is 8.46 Å². The van der Waals surface area contributed by atoms with Crippen LogP contribution in [0, 0.1) is 6.92 Å². The molecule has 0 fully saturated rings. The van der Waals surface area contributed by atoms with E-state index in [4.69, 9.17) is 14.2 Å². The molecule has 1 N–H and O–H groups in total. The summed E-state index contributed by atoms with van der Waals surface area (Å²) in [5, 5.41) is 2.54. The predicted octanol–water partition coefficient (Wildman–Crippen LogP) is 4.27. The van der Waals surface area contributed by atoms with Gasteiger partial charge >= 0.3 is 0 Å². The van der Waals surface area contributed by atoms with E-state index in [1.165, 1.54) is 0 Å². The number of carbonyl (C=O) groups excluding carboxylic acids is 2. The Bertz CT molecular complexity index is 861. The van der Waals surface area contributed by atoms with E-state index in [2.05, 4.69) is 5.32 Å². The van der Waals surface area contributed by atoms with Crippen LogP contribution in [0.25, 0.3) is 11.1 Å². The minimum atomic E-state index is -0.762. The van der Waals surface area contributed by atoms with Gasteiger partial charge in [-0.2, -0.15) is 0 Å². The molecular weight excluding hydrogens is 393 g/mol. The third kappa shape index (κ3) is 5.78. The fourth-order valence-corrected chi connectivity index (χ4v) is 3.27. The van der Waals surface area contributed by atoms with Crippen LogP contribution >= 0.6 is 8.46 Å². The quantitative estimate of drug-likeness (QED) is 0.254. The van der Waals surface area contributed by atoms with E-state index < -0.39 is 5.91 Å². The molecule has 0 unspecified atom stereocenters. The first-order valence-electron chi connectivity index (χ1n) is 9.09. The second-order valence-corrected chi connectivity index (χ2v) is 6.92. The van der Waals surface area contributed by atoms with E-state index in [1.54, 1.807) is 26.4 Å². The number of benzene rings is 2. The number of anilines is 1. The molecule has 2 aromatic rings. The molecular formula is C21H24NO6P. The van der Waals surface area contributed by atoms with Gasteiger partial charge in [-0.1, -0.05) is 6.07 Å². The summed E-state index contributed by atoms with van der Waals surface area (Å²) in [6.07, 6.45) is 2.23. The van der Waals surface area contributed by atoms with Crippen molar-refractivity contribution >= 4 is 26.3 Å². The van der Waals surface area contributed by atoms with Crippen LogP contribution < -0.4 is 19.5 Å². The molecule has 0 bridgehead atoms. The number of unbranched alkanes of at least 4 members (excludes halogenated alkanes) is 1. The van der Waals surface area contributed by atoms with Crippen molar-refractivity contribution in [3.8, 4) is 28.4 Å². The van der Waals surface area contributed by atoms with Crippen LogP contribution in [0.4, 0.5) is 5.69 Å². The maximum absolute atomic E-state index is 11.6. The number of rotatable bonds is 11. The van der Waals surface area contributed by atoms with Crippen molar-refractivity contribution in [2.24, 2.45) is 0 Å². The molecule has 2 rings (SSSR count). The number of aldehydes is 1. The van der Waals surface area contributed by atoms with Crippen molar-refractivity contribution in [3.63, 3.8) is 0 Å². The molecule has 8 heteroatoms. The highest BCUT2D eigenvalue weighted by Gasteiger charge is 2.18. The maximum atomic E-state index is 11.6. The normalized spacial score (nSPS) is 10.4. The van der Waals surface area contributed by atoms with E-state index in [9.17, 15) is 14.2 Å². The number of hydrogen-bond acceptors (Lipinski definition) is 6. The molecule has 0 atom stereocenters. The number of amides is 1. The minimum absolute atomic E-state index is 0.109. The number of carbonyl (C=O) groups is 2. The van der Waals surface area contributed by atoms with Crippen LogP contribution in [-0.2, 0) is 14.2 Å². The molecule has 0 saturated heterocycles. The second kappa shape index (κ2) is 11.2. The molecule has 1 amide bonds. The number of methoxy groups -OCH3 is 2. The molecule has 0 spiro atoms. The molecule has 0 aliphatic heterocycles. The van der Waals surface area contributed by atoms with Crippen LogP contribution in [0.1, 0.15) is 18.4 Å². The molecule has 0 radical (unpaired) electrons. The molecule has 0 heterocycles. The average Bonchev–Trinajstić information content (AvgIpc) is 2.74. The monoisotopic (exact) mass is 417 g/mol. The van der Waals surface area contributed by atoms with Gasteiger partial charge in [0.2, 0.25) is 6.29 Å². The maximum Gasteiger partial charge on any atom is 0.288 e. The fraction of sp³-hybridized carbons (Fsp3) is 0.333. The van der Waals surface area contributed by atoms with Gasteiger partial charge in [0, 0.05) is 6.16 Å². The zero-order valence-corrected chi connectivity index (χ0v) is 17.6. The molecule has 0 saturated carbocycles. The number of hydrogen-bond donors (Lipinski definition) is 1. The van der Waals surface area contributed by atoms with E-state index >= 15 is 0 Å². The van der Waals surface area contributed by atoms with Gasteiger partial charge in [-0.3, -0.25) is 14.2 Å². The molecule has 2 aromatic carbocycles. The summed E-state index contributed by atoms with van der Waals surface area (Å²) in [6, 6.07) is 9.04. The highest BCUT2D eigenvalue weighted by Crippen LogP contribution is 2.43. The zero-order valence-electron chi connectivity index (χ0n) is 16.7. The Morgan fingerprint density at radius 3 is 2.38 bits per heavy atom. The Morgan fingerprint density at radius 2 is 1.79 bits per heavy atom. The summed E-state index contributed by atoms with van der Waals surface area (Å²) in [7, 11) is 3.27. The zero-order chi connectivity index (χ0) is 21.2. The van der Waals surface area contributed by atoms with Crippen molar-refractivity contribution in [2.75, 3.05) is 32.3 Å². The van der Waals surface area contributed by atoms with E-state index in [1.807, 2.05) is 25.1 Å². The molecule has 0 aliphatic rings. The van der Waals surface area contributed by atoms with Gasteiger partial charge in [0.25, 0.3) is 5.91 Å². The first kappa shape index (κ1) is 22.4. The minimum Gasteiger partial charge on any atom is -0.496 e. The van der Waals surface area contributed by atoms with E-state index in [-0.39, 0.29) is 14.7 Å². The van der Waals surface area contributed by atoms with Crippen molar-refractivity contribution in [2.45, 2.75) is 19.8 Å². The lowest BCUT2D eigenvalue weighted by Crippen LogP contribution is -2.14. The Hall–Kier alpha value is -2.92. The summed E-state index contributed by atoms with van der Waals surface area (Å²) < 4.78 is 27.4. The highest BCUT2D eigenvalue weighted by molar-refractivity contribution is 7.23. The van der Waals surface area contributed by atoms with Gasteiger partial charge < -0.3 is 19.5 Å². The Kier molecular flexibility index (Phi) is 8.62. The molecule has 29 heavy (non-hydrogen) atoms. The van der Waals surface area contributed by atoms with E-state index in [0.717, 1.165) is 23.1 Å². The third-order valence-electron chi connectivity index (χ3n) is 4.29. The van der Waals surface area contributed by atoms with Crippen molar-refractivity contribution in [1.82, 2.24) is 0 Å². The van der Waals surface area contributed by atoms with Crippen LogP contribution in [0.3, 0.4) is 0 Å². The lowest BCUT2D eigenvalue weighted by molar-refractivity contribution is -0.127. The highest BCUT2D eigenvalue weighted by atomic mass is 31.1. The van der Waals surface area contributed by atoms with Crippen molar-refractivity contribution in [3.05, 3.63) is 35.9 Å². The second-order valence-electron chi connectivity index (χ2n) is 6.22. The largest absolute Gasteiger partial charge is 0.496 e. The third-order valence-corrected chi connectivity index (χ3v) is 4.79. The summed E-state index contributed by atoms with van der Waals surface area (Å²) in [5.41, 5.74) is 2.82. The summed E-state index contributed by atoms with van der Waals surface area (Å²) in [5.74, 6) is 0.936. The number of ether oxygens (including phenoxy) is 3. The number of aryl methyl sites for hydroxylation is 1. The van der Waals surface area contributed by atoms with Crippen molar-refractivity contribution < 1.29 is 28.4 Å². The molecule has 7 nitrogen and oxygen atoms in total. The summed E-state index contributed by atoms with van der Waals surface area (Å²) >= 11 is 0. The SMILES string of the molecule is COc1cccc(OC)c1-c1cc(OCCCCP=O)c(NC(=O)C=O)cc1C. The average molecular weight is 417 g/mol. The Balaban J connectivity index is 2.49. The van der Waals surface area contributed by atoms with Crippen LogP contribution in [-0.4, -0.2) is 39.2 Å². The first-order chi connectivity index (χ1) is 14.0. The topological polar surface area (TPSA) is 90.9 Å². The molecule has 0 aliphatic carbocycles. The van der Waals surface area contributed by atoms with E-state index in [0.29, 0.717) is 42.1 Å².